The first-order valence-electron chi connectivity index (χ1n) is 5.36. The molecule has 3 nitrogen and oxygen atoms in total. The first-order valence-corrected chi connectivity index (χ1v) is 6.18. The van der Waals surface area contributed by atoms with Gasteiger partial charge in [0.2, 0.25) is 0 Å². The van der Waals surface area contributed by atoms with Crippen LogP contribution in [0.1, 0.15) is 16.7 Å². The van der Waals surface area contributed by atoms with Crippen LogP contribution in [0.15, 0.2) is 17.1 Å². The molecule has 1 aliphatic heterocycles. The van der Waals surface area contributed by atoms with Gasteiger partial charge in [-0.25, -0.2) is 0 Å². The summed E-state index contributed by atoms with van der Waals surface area (Å²) in [5.41, 5.74) is 0. The fourth-order valence-corrected chi connectivity index (χ4v) is 2.49. The van der Waals surface area contributed by atoms with Gasteiger partial charge in [0.25, 0.3) is 0 Å². The Labute approximate surface area is 118 Å². The second-order valence-electron chi connectivity index (χ2n) is 3.70. The molecule has 0 atom stereocenters. The Morgan fingerprint density at radius 2 is 2.19 bits per heavy atom. The van der Waals surface area contributed by atoms with Gasteiger partial charge in [-0.3, -0.25) is 4.99 Å². The van der Waals surface area contributed by atoms with Crippen molar-refractivity contribution in [2.75, 3.05) is 20.1 Å². The molecule has 0 aromatic carbocycles. The fourth-order valence-electron chi connectivity index (χ4n) is 1.60. The molecule has 90 valence electrons. The Bertz CT molecular complexity index is 362. The lowest BCUT2D eigenvalue weighted by Gasteiger charge is -2.14. The molecule has 1 N–H and O–H groups in total. The quantitative estimate of drug-likeness (QED) is 0.847. The van der Waals surface area contributed by atoms with Gasteiger partial charge in [0, 0.05) is 23.3 Å². The molecule has 0 saturated heterocycles. The zero-order chi connectivity index (χ0) is 10.7. The maximum absolute atomic E-state index is 4.39. The van der Waals surface area contributed by atoms with Gasteiger partial charge in [0.1, 0.15) is 0 Å². The normalized spacial score (nSPS) is 14.6. The van der Waals surface area contributed by atoms with E-state index in [0.29, 0.717) is 0 Å². The van der Waals surface area contributed by atoms with Crippen LogP contribution in [-0.4, -0.2) is 31.0 Å². The summed E-state index contributed by atoms with van der Waals surface area (Å²) in [4.78, 5) is 9.39. The Morgan fingerprint density at radius 3 is 2.75 bits per heavy atom. The SMILES string of the molecule is CCc1ccc(CNC2=NCCN2C)s1.I. The topological polar surface area (TPSA) is 27.6 Å². The minimum Gasteiger partial charge on any atom is -0.351 e. The highest BCUT2D eigenvalue weighted by molar-refractivity contribution is 14.0. The molecule has 0 radical (unpaired) electrons. The smallest absolute Gasteiger partial charge is 0.194 e. The van der Waals surface area contributed by atoms with Gasteiger partial charge in [0.15, 0.2) is 5.96 Å². The van der Waals surface area contributed by atoms with Gasteiger partial charge >= 0.3 is 0 Å². The number of nitrogens with zero attached hydrogens (tertiary/aromatic N) is 2. The molecular formula is C11H18IN3S. The number of thiophene rings is 1. The molecule has 0 bridgehead atoms. The molecule has 1 aromatic heterocycles. The number of rotatable bonds is 3. The van der Waals surface area contributed by atoms with E-state index in [-0.39, 0.29) is 24.0 Å². The standard InChI is InChI=1S/C11H17N3S.HI/c1-3-9-4-5-10(15-9)8-13-11-12-6-7-14(11)2;/h4-5H,3,6-8H2,1-2H3,(H,12,13);1H. The Balaban J connectivity index is 0.00000128. The third-order valence-corrected chi connectivity index (χ3v) is 3.77. The van der Waals surface area contributed by atoms with Crippen molar-refractivity contribution < 1.29 is 0 Å². The zero-order valence-corrected chi connectivity index (χ0v) is 12.8. The van der Waals surface area contributed by atoms with Crippen molar-refractivity contribution in [1.82, 2.24) is 10.2 Å². The lowest BCUT2D eigenvalue weighted by molar-refractivity contribution is 0.534. The van der Waals surface area contributed by atoms with Gasteiger partial charge in [0.05, 0.1) is 13.1 Å². The van der Waals surface area contributed by atoms with E-state index < -0.39 is 0 Å². The van der Waals surface area contributed by atoms with E-state index in [0.717, 1.165) is 32.0 Å². The number of hydrogen-bond donors (Lipinski definition) is 1. The summed E-state index contributed by atoms with van der Waals surface area (Å²) in [5, 5.41) is 3.37. The number of aliphatic imine (C=N–C) groups is 1. The van der Waals surface area contributed by atoms with Gasteiger partial charge in [-0.05, 0) is 18.6 Å². The second-order valence-corrected chi connectivity index (χ2v) is 4.95. The Hall–Kier alpha value is -0.300. The van der Waals surface area contributed by atoms with Crippen LogP contribution in [0.25, 0.3) is 0 Å². The summed E-state index contributed by atoms with van der Waals surface area (Å²) in [6.07, 6.45) is 1.13. The van der Waals surface area contributed by atoms with E-state index in [1.54, 1.807) is 0 Å². The van der Waals surface area contributed by atoms with Crippen LogP contribution in [0.2, 0.25) is 0 Å². The van der Waals surface area contributed by atoms with E-state index in [9.17, 15) is 0 Å². The van der Waals surface area contributed by atoms with Gasteiger partial charge in [-0.1, -0.05) is 6.92 Å². The number of guanidine groups is 1. The minimum absolute atomic E-state index is 0. The Morgan fingerprint density at radius 1 is 1.44 bits per heavy atom. The number of halogens is 1. The molecule has 16 heavy (non-hydrogen) atoms. The van der Waals surface area contributed by atoms with Crippen LogP contribution < -0.4 is 5.32 Å². The second kappa shape index (κ2) is 6.44. The lowest BCUT2D eigenvalue weighted by Crippen LogP contribution is -2.34. The molecule has 2 heterocycles. The Kier molecular flexibility index (Phi) is 5.54. The third kappa shape index (κ3) is 3.35. The average molecular weight is 351 g/mol. The molecule has 0 fully saturated rings. The van der Waals surface area contributed by atoms with Crippen molar-refractivity contribution in [2.24, 2.45) is 4.99 Å². The molecule has 0 unspecified atom stereocenters. The summed E-state index contributed by atoms with van der Waals surface area (Å²) >= 11 is 1.88. The largest absolute Gasteiger partial charge is 0.351 e. The maximum Gasteiger partial charge on any atom is 0.194 e. The molecule has 0 saturated carbocycles. The van der Waals surface area contributed by atoms with Crippen molar-refractivity contribution >= 4 is 41.3 Å². The van der Waals surface area contributed by atoms with Gasteiger partial charge in [-0.15, -0.1) is 35.3 Å². The highest BCUT2D eigenvalue weighted by atomic mass is 127. The van der Waals surface area contributed by atoms with Crippen LogP contribution in [-0.2, 0) is 13.0 Å². The van der Waals surface area contributed by atoms with Crippen molar-refractivity contribution in [2.45, 2.75) is 19.9 Å². The first kappa shape index (κ1) is 13.8. The number of hydrogen-bond acceptors (Lipinski definition) is 4. The highest BCUT2D eigenvalue weighted by Crippen LogP contribution is 2.16. The van der Waals surface area contributed by atoms with Crippen LogP contribution in [0.3, 0.4) is 0 Å². The molecule has 0 spiro atoms. The van der Waals surface area contributed by atoms with Crippen LogP contribution >= 0.6 is 35.3 Å². The van der Waals surface area contributed by atoms with Gasteiger partial charge in [-0.2, -0.15) is 0 Å². The summed E-state index contributed by atoms with van der Waals surface area (Å²) in [6, 6.07) is 4.41. The highest BCUT2D eigenvalue weighted by Gasteiger charge is 2.11. The van der Waals surface area contributed by atoms with Crippen molar-refractivity contribution in [3.8, 4) is 0 Å². The molecule has 2 rings (SSSR count). The number of nitrogens with one attached hydrogen (secondary N) is 1. The zero-order valence-electron chi connectivity index (χ0n) is 9.69. The van der Waals surface area contributed by atoms with E-state index in [2.05, 4.69) is 41.3 Å². The predicted molar refractivity (Wildman–Crippen MR) is 80.9 cm³/mol. The number of likely N-dealkylation sites (N-methyl/N-ethyl adjacent to an activating group) is 1. The van der Waals surface area contributed by atoms with Crippen molar-refractivity contribution in [3.05, 3.63) is 21.9 Å². The van der Waals surface area contributed by atoms with Crippen LogP contribution in [0.4, 0.5) is 0 Å². The molecule has 1 aliphatic rings. The minimum atomic E-state index is 0. The van der Waals surface area contributed by atoms with Crippen LogP contribution in [0, 0.1) is 0 Å². The molecule has 5 heteroatoms. The average Bonchev–Trinajstić information content (AvgIpc) is 2.84. The van der Waals surface area contributed by atoms with E-state index >= 15 is 0 Å². The van der Waals surface area contributed by atoms with E-state index in [1.807, 2.05) is 11.3 Å². The molecule has 0 aliphatic carbocycles. The lowest BCUT2D eigenvalue weighted by atomic mass is 10.4. The van der Waals surface area contributed by atoms with Crippen molar-refractivity contribution in [1.29, 1.82) is 0 Å². The summed E-state index contributed by atoms with van der Waals surface area (Å²) in [6.45, 7) is 5.04. The third-order valence-electron chi connectivity index (χ3n) is 2.55. The van der Waals surface area contributed by atoms with E-state index in [1.165, 1.54) is 9.75 Å². The van der Waals surface area contributed by atoms with Crippen molar-refractivity contribution in [3.63, 3.8) is 0 Å². The maximum atomic E-state index is 4.39. The molecule has 0 amide bonds. The summed E-state index contributed by atoms with van der Waals surface area (Å²) < 4.78 is 0. The number of aryl methyl sites for hydroxylation is 1. The monoisotopic (exact) mass is 351 g/mol. The van der Waals surface area contributed by atoms with Gasteiger partial charge < -0.3 is 10.2 Å². The summed E-state index contributed by atoms with van der Waals surface area (Å²) in [5.74, 6) is 1.03. The predicted octanol–water partition coefficient (Wildman–Crippen LogP) is 2.32. The summed E-state index contributed by atoms with van der Waals surface area (Å²) in [7, 11) is 2.07. The fraction of sp³-hybridized carbons (Fsp3) is 0.545. The molecular weight excluding hydrogens is 333 g/mol. The van der Waals surface area contributed by atoms with Crippen LogP contribution in [0.5, 0.6) is 0 Å². The van der Waals surface area contributed by atoms with E-state index in [4.69, 9.17) is 0 Å². The molecule has 1 aromatic rings. The first-order chi connectivity index (χ1) is 7.29.